The predicted octanol–water partition coefficient (Wildman–Crippen LogP) is 4.06. The van der Waals surface area contributed by atoms with Crippen LogP contribution in [0.15, 0.2) is 15.4 Å². The number of amides is 1. The largest absolute Gasteiger partial charge is 0.449 e. The zero-order chi connectivity index (χ0) is 20.5. The molecule has 1 aliphatic heterocycles. The summed E-state index contributed by atoms with van der Waals surface area (Å²) in [4.78, 5) is 15.1. The van der Waals surface area contributed by atoms with Gasteiger partial charge in [-0.1, -0.05) is 19.8 Å². The smallest absolute Gasteiger partial charge is 0.289 e. The molecule has 2 heterocycles. The SMILES string of the molecule is CCCNS(=O)(=O)c1c(C)c(C)cc2c(C)c(C(=O)N3CCCCCC3)oc12. The predicted molar refractivity (Wildman–Crippen MR) is 110 cm³/mol. The van der Waals surface area contributed by atoms with E-state index in [1.807, 2.05) is 31.7 Å². The van der Waals surface area contributed by atoms with Crippen molar-refractivity contribution in [2.45, 2.75) is 64.7 Å². The number of hydrogen-bond acceptors (Lipinski definition) is 4. The zero-order valence-electron chi connectivity index (χ0n) is 17.2. The van der Waals surface area contributed by atoms with Crippen LogP contribution in [0.4, 0.5) is 0 Å². The number of nitrogens with zero attached hydrogens (tertiary/aromatic N) is 1. The van der Waals surface area contributed by atoms with Crippen LogP contribution in [0.1, 0.15) is 66.3 Å². The fourth-order valence-corrected chi connectivity index (χ4v) is 5.37. The first-order chi connectivity index (χ1) is 13.3. The lowest BCUT2D eigenvalue weighted by Gasteiger charge is -2.19. The average Bonchev–Trinajstić information content (AvgIpc) is 2.84. The normalized spacial score (nSPS) is 15.8. The number of furan rings is 1. The number of carbonyl (C=O) groups is 1. The number of nitrogens with one attached hydrogen (secondary N) is 1. The second kappa shape index (κ2) is 8.25. The standard InChI is InChI=1S/C21H30N2O4S/c1-5-10-22-28(25,26)20-15(3)14(2)13-17-16(4)18(27-19(17)20)21(24)23-11-8-6-7-9-12-23/h13,22H,5-12H2,1-4H3. The first-order valence-electron chi connectivity index (χ1n) is 10.1. The number of carbonyl (C=O) groups excluding carboxylic acids is 1. The highest BCUT2D eigenvalue weighted by Crippen LogP contribution is 2.35. The Labute approximate surface area is 167 Å². The second-order valence-corrected chi connectivity index (χ2v) is 9.39. The lowest BCUT2D eigenvalue weighted by atomic mass is 10.0. The number of aryl methyl sites for hydroxylation is 2. The summed E-state index contributed by atoms with van der Waals surface area (Å²) in [6, 6.07) is 1.92. The van der Waals surface area contributed by atoms with Gasteiger partial charge in [-0.3, -0.25) is 4.79 Å². The van der Waals surface area contributed by atoms with E-state index in [9.17, 15) is 13.2 Å². The highest BCUT2D eigenvalue weighted by Gasteiger charge is 2.29. The molecule has 0 radical (unpaired) electrons. The molecular formula is C21H30N2O4S. The molecule has 2 aromatic rings. The molecule has 0 saturated carbocycles. The Balaban J connectivity index is 2.14. The summed E-state index contributed by atoms with van der Waals surface area (Å²) >= 11 is 0. The van der Waals surface area contributed by atoms with Crippen molar-refractivity contribution in [3.8, 4) is 0 Å². The Morgan fingerprint density at radius 1 is 1.11 bits per heavy atom. The number of rotatable bonds is 5. The lowest BCUT2D eigenvalue weighted by molar-refractivity contribution is 0.0731. The van der Waals surface area contributed by atoms with Gasteiger partial charge in [0.05, 0.1) is 0 Å². The van der Waals surface area contributed by atoms with Gasteiger partial charge in [0, 0.05) is 30.6 Å². The van der Waals surface area contributed by atoms with Crippen molar-refractivity contribution in [1.29, 1.82) is 0 Å². The third kappa shape index (κ3) is 3.82. The number of sulfonamides is 1. The summed E-state index contributed by atoms with van der Waals surface area (Å²) in [6.45, 7) is 9.21. The minimum Gasteiger partial charge on any atom is -0.449 e. The zero-order valence-corrected chi connectivity index (χ0v) is 18.0. The molecule has 3 rings (SSSR count). The highest BCUT2D eigenvalue weighted by atomic mass is 32.2. The molecule has 1 aromatic heterocycles. The molecule has 1 amide bonds. The van der Waals surface area contributed by atoms with Crippen molar-refractivity contribution in [3.05, 3.63) is 28.5 Å². The Morgan fingerprint density at radius 3 is 2.36 bits per heavy atom. The molecule has 1 fully saturated rings. The minimum absolute atomic E-state index is 0.143. The fourth-order valence-electron chi connectivity index (χ4n) is 3.80. The van der Waals surface area contributed by atoms with E-state index < -0.39 is 10.0 Å². The maximum atomic E-state index is 13.1. The lowest BCUT2D eigenvalue weighted by Crippen LogP contribution is -2.31. The van der Waals surface area contributed by atoms with Crippen LogP contribution in [0.3, 0.4) is 0 Å². The maximum Gasteiger partial charge on any atom is 0.289 e. The summed E-state index contributed by atoms with van der Waals surface area (Å²) in [7, 11) is -3.73. The van der Waals surface area contributed by atoms with Crippen molar-refractivity contribution >= 4 is 26.9 Å². The molecule has 0 aliphatic carbocycles. The topological polar surface area (TPSA) is 79.6 Å². The molecule has 28 heavy (non-hydrogen) atoms. The van der Waals surface area contributed by atoms with Gasteiger partial charge < -0.3 is 9.32 Å². The Morgan fingerprint density at radius 2 is 1.75 bits per heavy atom. The molecule has 7 heteroatoms. The van der Waals surface area contributed by atoms with Crippen molar-refractivity contribution < 1.29 is 17.6 Å². The van der Waals surface area contributed by atoms with E-state index in [4.69, 9.17) is 4.42 Å². The van der Waals surface area contributed by atoms with Crippen molar-refractivity contribution in [3.63, 3.8) is 0 Å². The average molecular weight is 407 g/mol. The first-order valence-corrected chi connectivity index (χ1v) is 11.6. The monoisotopic (exact) mass is 406 g/mol. The molecule has 1 aliphatic rings. The Hall–Kier alpha value is -1.86. The molecule has 6 nitrogen and oxygen atoms in total. The van der Waals surface area contributed by atoms with Crippen LogP contribution in [0.2, 0.25) is 0 Å². The van der Waals surface area contributed by atoms with Crippen LogP contribution in [0.25, 0.3) is 11.0 Å². The van der Waals surface area contributed by atoms with Gasteiger partial charge >= 0.3 is 0 Å². The van der Waals surface area contributed by atoms with Crippen LogP contribution >= 0.6 is 0 Å². The van der Waals surface area contributed by atoms with E-state index >= 15 is 0 Å². The molecule has 1 N–H and O–H groups in total. The van der Waals surface area contributed by atoms with Gasteiger partial charge in [0.1, 0.15) is 4.90 Å². The van der Waals surface area contributed by atoms with Gasteiger partial charge in [-0.25, -0.2) is 13.1 Å². The van der Waals surface area contributed by atoms with Crippen LogP contribution < -0.4 is 4.72 Å². The maximum absolute atomic E-state index is 13.1. The number of fused-ring (bicyclic) bond motifs is 1. The summed E-state index contributed by atoms with van der Waals surface area (Å²) in [5.41, 5.74) is 2.50. The molecular weight excluding hydrogens is 376 g/mol. The van der Waals surface area contributed by atoms with Gasteiger partial charge in [0.15, 0.2) is 11.3 Å². The Bertz CT molecular complexity index is 984. The molecule has 0 atom stereocenters. The minimum atomic E-state index is -3.73. The van der Waals surface area contributed by atoms with Gasteiger partial charge in [-0.05, 0) is 57.2 Å². The summed E-state index contributed by atoms with van der Waals surface area (Å²) < 4.78 is 34.5. The molecule has 154 valence electrons. The van der Waals surface area contributed by atoms with E-state index in [0.29, 0.717) is 29.5 Å². The van der Waals surface area contributed by atoms with E-state index in [1.165, 1.54) is 0 Å². The van der Waals surface area contributed by atoms with E-state index in [0.717, 1.165) is 44.3 Å². The van der Waals surface area contributed by atoms with E-state index in [2.05, 4.69) is 4.72 Å². The van der Waals surface area contributed by atoms with Gasteiger partial charge in [-0.2, -0.15) is 0 Å². The number of likely N-dealkylation sites (tertiary alicyclic amines) is 1. The molecule has 0 bridgehead atoms. The van der Waals surface area contributed by atoms with Crippen molar-refractivity contribution in [1.82, 2.24) is 9.62 Å². The first kappa shape index (κ1) is 20.9. The summed E-state index contributed by atoms with van der Waals surface area (Å²) in [5.74, 6) is 0.115. The second-order valence-electron chi connectivity index (χ2n) is 7.68. The van der Waals surface area contributed by atoms with Crippen LogP contribution in [-0.2, 0) is 10.0 Å². The molecule has 0 unspecified atom stereocenters. The van der Waals surface area contributed by atoms with Gasteiger partial charge in [-0.15, -0.1) is 0 Å². The molecule has 1 aromatic carbocycles. The van der Waals surface area contributed by atoms with Crippen molar-refractivity contribution in [2.75, 3.05) is 19.6 Å². The van der Waals surface area contributed by atoms with Gasteiger partial charge in [0.2, 0.25) is 10.0 Å². The number of benzene rings is 1. The number of hydrogen-bond donors (Lipinski definition) is 1. The Kier molecular flexibility index (Phi) is 6.15. The van der Waals surface area contributed by atoms with Crippen LogP contribution in [-0.4, -0.2) is 38.9 Å². The summed E-state index contributed by atoms with van der Waals surface area (Å²) in [5, 5.41) is 0.693. The summed E-state index contributed by atoms with van der Waals surface area (Å²) in [6.07, 6.45) is 4.94. The van der Waals surface area contributed by atoms with Gasteiger partial charge in [0.25, 0.3) is 5.91 Å². The van der Waals surface area contributed by atoms with E-state index in [-0.39, 0.29) is 22.1 Å². The van der Waals surface area contributed by atoms with Crippen molar-refractivity contribution in [2.24, 2.45) is 0 Å². The quantitative estimate of drug-likeness (QED) is 0.812. The fraction of sp³-hybridized carbons (Fsp3) is 0.571. The van der Waals surface area contributed by atoms with Crippen LogP contribution in [0.5, 0.6) is 0 Å². The van der Waals surface area contributed by atoms with E-state index in [1.54, 1.807) is 6.92 Å². The third-order valence-corrected chi connectivity index (χ3v) is 7.20. The highest BCUT2D eigenvalue weighted by molar-refractivity contribution is 7.89. The third-order valence-electron chi connectivity index (χ3n) is 5.59. The van der Waals surface area contributed by atoms with Crippen LogP contribution in [0, 0.1) is 20.8 Å². The molecule has 1 saturated heterocycles. The molecule has 0 spiro atoms.